The van der Waals surface area contributed by atoms with Crippen LogP contribution < -0.4 is 10.6 Å². The Bertz CT molecular complexity index is 816. The van der Waals surface area contributed by atoms with E-state index in [2.05, 4.69) is 26.6 Å². The minimum absolute atomic E-state index is 0.165. The first-order chi connectivity index (χ1) is 12.0. The first-order valence-electron chi connectivity index (χ1n) is 7.79. The summed E-state index contributed by atoms with van der Waals surface area (Å²) in [6, 6.07) is 16.0. The Balaban J connectivity index is 1.81. The first-order valence-corrected chi connectivity index (χ1v) is 8.58. The Morgan fingerprint density at radius 3 is 2.48 bits per heavy atom. The van der Waals surface area contributed by atoms with Crippen LogP contribution in [0.2, 0.25) is 0 Å². The third kappa shape index (κ3) is 4.09. The van der Waals surface area contributed by atoms with E-state index >= 15 is 0 Å². The topological polar surface area (TPSA) is 67.4 Å². The lowest BCUT2D eigenvalue weighted by atomic mass is 9.96. The number of hydrogen-bond donors (Lipinski definition) is 2. The number of hydrogen-bond acceptors (Lipinski definition) is 3. The average Bonchev–Trinajstić information content (AvgIpc) is 2.61. The largest absolute Gasteiger partial charge is 0.457 e. The van der Waals surface area contributed by atoms with Gasteiger partial charge in [0.05, 0.1) is 11.6 Å². The number of benzene rings is 2. The molecule has 2 aromatic carbocycles. The van der Waals surface area contributed by atoms with E-state index in [4.69, 9.17) is 4.74 Å². The molecule has 5 nitrogen and oxygen atoms in total. The molecule has 25 heavy (non-hydrogen) atoms. The fourth-order valence-electron chi connectivity index (χ4n) is 2.67. The normalized spacial score (nSPS) is 16.9. The monoisotopic (exact) mass is 400 g/mol. The Morgan fingerprint density at radius 2 is 1.80 bits per heavy atom. The maximum Gasteiger partial charge on any atom is 0.338 e. The first kappa shape index (κ1) is 17.2. The highest BCUT2D eigenvalue weighted by Gasteiger charge is 2.32. The number of ether oxygens (including phenoxy) is 1. The fraction of sp³-hybridized carbons (Fsp3) is 0.158. The number of amides is 2. The summed E-state index contributed by atoms with van der Waals surface area (Å²) in [5, 5.41) is 5.42. The molecule has 0 aromatic heterocycles. The maximum absolute atomic E-state index is 12.7. The second kappa shape index (κ2) is 7.53. The maximum atomic E-state index is 12.7. The van der Waals surface area contributed by atoms with Crippen LogP contribution in [0, 0.1) is 0 Å². The molecular weight excluding hydrogens is 384 g/mol. The second-order valence-electron chi connectivity index (χ2n) is 5.68. The number of allylic oxidation sites excluding steroid dienone is 1. The van der Waals surface area contributed by atoms with Gasteiger partial charge in [-0.25, -0.2) is 9.59 Å². The molecule has 0 radical (unpaired) electrons. The van der Waals surface area contributed by atoms with Gasteiger partial charge in [-0.2, -0.15) is 0 Å². The molecule has 3 rings (SSSR count). The minimum Gasteiger partial charge on any atom is -0.457 e. The highest BCUT2D eigenvalue weighted by molar-refractivity contribution is 9.10. The van der Waals surface area contributed by atoms with Crippen LogP contribution in [0.25, 0.3) is 0 Å². The molecule has 0 spiro atoms. The third-order valence-electron chi connectivity index (χ3n) is 3.91. The van der Waals surface area contributed by atoms with Crippen molar-refractivity contribution in [2.24, 2.45) is 0 Å². The van der Waals surface area contributed by atoms with Crippen molar-refractivity contribution >= 4 is 27.9 Å². The molecule has 0 fully saturated rings. The molecular formula is C19H17BrN2O3. The van der Waals surface area contributed by atoms with Crippen molar-refractivity contribution in [1.82, 2.24) is 10.6 Å². The van der Waals surface area contributed by atoms with Crippen molar-refractivity contribution in [2.45, 2.75) is 19.6 Å². The van der Waals surface area contributed by atoms with Crippen LogP contribution >= 0.6 is 15.9 Å². The Morgan fingerprint density at radius 1 is 1.12 bits per heavy atom. The highest BCUT2D eigenvalue weighted by Crippen LogP contribution is 2.27. The van der Waals surface area contributed by atoms with Gasteiger partial charge in [0.25, 0.3) is 0 Å². The van der Waals surface area contributed by atoms with E-state index in [1.54, 1.807) is 6.92 Å². The van der Waals surface area contributed by atoms with Gasteiger partial charge < -0.3 is 15.4 Å². The molecule has 0 aliphatic carbocycles. The lowest BCUT2D eigenvalue weighted by Gasteiger charge is -2.28. The lowest BCUT2D eigenvalue weighted by molar-refractivity contribution is -0.140. The van der Waals surface area contributed by atoms with Crippen molar-refractivity contribution in [3.63, 3.8) is 0 Å². The summed E-state index contributed by atoms with van der Waals surface area (Å²) in [5.41, 5.74) is 2.62. The molecule has 0 saturated heterocycles. The molecule has 1 atom stereocenters. The summed E-state index contributed by atoms with van der Waals surface area (Å²) in [6.45, 7) is 1.86. The Labute approximate surface area is 154 Å². The van der Waals surface area contributed by atoms with Crippen LogP contribution in [0.3, 0.4) is 0 Å². The number of rotatable bonds is 4. The molecule has 2 aromatic rings. The van der Waals surface area contributed by atoms with Crippen molar-refractivity contribution in [3.8, 4) is 0 Å². The summed E-state index contributed by atoms with van der Waals surface area (Å²) >= 11 is 3.37. The van der Waals surface area contributed by atoms with Gasteiger partial charge >= 0.3 is 12.0 Å². The number of nitrogens with one attached hydrogen (secondary N) is 2. The number of carbonyl (C=O) groups excluding carboxylic acids is 2. The van der Waals surface area contributed by atoms with Gasteiger partial charge in [-0.15, -0.1) is 0 Å². The number of halogens is 1. The van der Waals surface area contributed by atoms with E-state index in [0.717, 1.165) is 15.6 Å². The zero-order valence-electron chi connectivity index (χ0n) is 13.6. The van der Waals surface area contributed by atoms with E-state index in [-0.39, 0.29) is 12.6 Å². The van der Waals surface area contributed by atoms with Crippen LogP contribution in [0.5, 0.6) is 0 Å². The van der Waals surface area contributed by atoms with Gasteiger partial charge in [0.15, 0.2) is 0 Å². The molecule has 6 heteroatoms. The molecule has 1 unspecified atom stereocenters. The zero-order chi connectivity index (χ0) is 17.8. The summed E-state index contributed by atoms with van der Waals surface area (Å²) in [5.74, 6) is -0.457. The van der Waals surface area contributed by atoms with Crippen LogP contribution in [-0.4, -0.2) is 12.0 Å². The summed E-state index contributed by atoms with van der Waals surface area (Å²) < 4.78 is 6.42. The third-order valence-corrected chi connectivity index (χ3v) is 4.43. The van der Waals surface area contributed by atoms with Crippen LogP contribution in [-0.2, 0) is 16.1 Å². The smallest absolute Gasteiger partial charge is 0.338 e. The number of urea groups is 1. The Hall–Kier alpha value is -2.60. The van der Waals surface area contributed by atoms with E-state index in [1.165, 1.54) is 0 Å². The van der Waals surface area contributed by atoms with Gasteiger partial charge in [-0.1, -0.05) is 58.4 Å². The van der Waals surface area contributed by atoms with Crippen LogP contribution in [0.4, 0.5) is 4.79 Å². The van der Waals surface area contributed by atoms with Crippen molar-refractivity contribution in [1.29, 1.82) is 0 Å². The SMILES string of the molecule is CC1=C(C(=O)OCc2ccc(Br)cc2)C(c2ccccc2)NC(=O)N1. The quantitative estimate of drug-likeness (QED) is 0.766. The minimum atomic E-state index is -0.535. The van der Waals surface area contributed by atoms with Gasteiger partial charge in [0.2, 0.25) is 0 Å². The predicted octanol–water partition coefficient (Wildman–Crippen LogP) is 3.82. The van der Waals surface area contributed by atoms with Crippen molar-refractivity contribution in [3.05, 3.63) is 81.5 Å². The summed E-state index contributed by atoms with van der Waals surface area (Å²) in [7, 11) is 0. The molecule has 2 amide bonds. The molecule has 128 valence electrons. The van der Waals surface area contributed by atoms with Crippen LogP contribution in [0.1, 0.15) is 24.1 Å². The number of carbonyl (C=O) groups is 2. The lowest BCUT2D eigenvalue weighted by Crippen LogP contribution is -2.45. The molecule has 0 saturated carbocycles. The van der Waals surface area contributed by atoms with Gasteiger partial charge in [-0.3, -0.25) is 0 Å². The van der Waals surface area contributed by atoms with E-state index in [0.29, 0.717) is 11.3 Å². The van der Waals surface area contributed by atoms with Crippen LogP contribution in [0.15, 0.2) is 70.3 Å². The summed E-state index contributed by atoms with van der Waals surface area (Å²) in [4.78, 5) is 24.5. The molecule has 2 N–H and O–H groups in total. The zero-order valence-corrected chi connectivity index (χ0v) is 15.2. The second-order valence-corrected chi connectivity index (χ2v) is 6.60. The fourth-order valence-corrected chi connectivity index (χ4v) is 2.93. The predicted molar refractivity (Wildman–Crippen MR) is 97.5 cm³/mol. The number of esters is 1. The standard InChI is InChI=1S/C19H17BrN2O3/c1-12-16(18(23)25-11-13-7-9-15(20)10-8-13)17(22-19(24)21-12)14-5-3-2-4-6-14/h2-10,17H,11H2,1H3,(H2,21,22,24). The van der Waals surface area contributed by atoms with E-state index in [9.17, 15) is 9.59 Å². The molecule has 1 aliphatic rings. The highest BCUT2D eigenvalue weighted by atomic mass is 79.9. The van der Waals surface area contributed by atoms with Gasteiger partial charge in [-0.05, 0) is 30.2 Å². The van der Waals surface area contributed by atoms with Gasteiger partial charge in [0.1, 0.15) is 6.61 Å². The van der Waals surface area contributed by atoms with E-state index in [1.807, 2.05) is 54.6 Å². The van der Waals surface area contributed by atoms with Gasteiger partial charge in [0, 0.05) is 10.2 Å². The van der Waals surface area contributed by atoms with Crippen molar-refractivity contribution in [2.75, 3.05) is 0 Å². The van der Waals surface area contributed by atoms with E-state index < -0.39 is 12.0 Å². The Kier molecular flexibility index (Phi) is 5.19. The average molecular weight is 401 g/mol. The molecule has 1 heterocycles. The molecule has 1 aliphatic heterocycles. The summed E-state index contributed by atoms with van der Waals surface area (Å²) in [6.07, 6.45) is 0. The molecule has 0 bridgehead atoms. The van der Waals surface area contributed by atoms with Crippen molar-refractivity contribution < 1.29 is 14.3 Å².